The molecule has 1 unspecified atom stereocenters. The number of nitrogens with zero attached hydrogens (tertiary/aromatic N) is 2. The number of amides is 1. The summed E-state index contributed by atoms with van der Waals surface area (Å²) in [6.45, 7) is -0.409. The summed E-state index contributed by atoms with van der Waals surface area (Å²) in [6.07, 6.45) is 3.40. The molecule has 9 heteroatoms. The third kappa shape index (κ3) is 5.44. The highest BCUT2D eigenvalue weighted by Crippen LogP contribution is 2.35. The van der Waals surface area contributed by atoms with Crippen molar-refractivity contribution in [3.8, 4) is 0 Å². The highest BCUT2D eigenvalue weighted by molar-refractivity contribution is 7.12. The highest BCUT2D eigenvalue weighted by Gasteiger charge is 2.34. The summed E-state index contributed by atoms with van der Waals surface area (Å²) in [7, 11) is 1.31. The van der Waals surface area contributed by atoms with Crippen LogP contribution in [0.1, 0.15) is 38.1 Å². The number of hydrogen-bond acceptors (Lipinski definition) is 8. The molecule has 1 aliphatic rings. The zero-order valence-corrected chi connectivity index (χ0v) is 19.3. The van der Waals surface area contributed by atoms with Gasteiger partial charge in [-0.1, -0.05) is 24.3 Å². The summed E-state index contributed by atoms with van der Waals surface area (Å²) in [5.41, 5.74) is 1.96. The summed E-state index contributed by atoms with van der Waals surface area (Å²) in [5.74, 6) is -1.46. The average Bonchev–Trinajstić information content (AvgIpc) is 3.61. The van der Waals surface area contributed by atoms with Crippen LogP contribution >= 0.6 is 22.7 Å². The van der Waals surface area contributed by atoms with Gasteiger partial charge in [-0.2, -0.15) is 5.10 Å². The number of thiophene rings is 2. The molecule has 0 fully saturated rings. The minimum atomic E-state index is -0.644. The maximum atomic E-state index is 12.9. The summed E-state index contributed by atoms with van der Waals surface area (Å²) < 4.78 is 9.81. The van der Waals surface area contributed by atoms with E-state index in [9.17, 15) is 14.4 Å². The van der Waals surface area contributed by atoms with E-state index in [-0.39, 0.29) is 11.9 Å². The molecule has 33 heavy (non-hydrogen) atoms. The van der Waals surface area contributed by atoms with E-state index < -0.39 is 18.5 Å². The minimum absolute atomic E-state index is 0.211. The van der Waals surface area contributed by atoms with Crippen LogP contribution in [0.5, 0.6) is 0 Å². The first-order valence-electron chi connectivity index (χ1n) is 10.0. The molecule has 1 aliphatic heterocycles. The zero-order chi connectivity index (χ0) is 23.2. The molecule has 1 aromatic carbocycles. The van der Waals surface area contributed by atoms with Gasteiger partial charge in [0.2, 0.25) is 0 Å². The highest BCUT2D eigenvalue weighted by atomic mass is 32.1. The lowest BCUT2D eigenvalue weighted by atomic mass is 10.1. The van der Waals surface area contributed by atoms with E-state index in [0.29, 0.717) is 17.5 Å². The van der Waals surface area contributed by atoms with Gasteiger partial charge >= 0.3 is 11.9 Å². The third-order valence-electron chi connectivity index (χ3n) is 4.92. The van der Waals surface area contributed by atoms with Gasteiger partial charge in [-0.25, -0.2) is 14.6 Å². The molecule has 0 saturated carbocycles. The third-order valence-corrected chi connectivity index (χ3v) is 6.82. The standard InChI is InChI=1S/C24H20N2O5S2/c1-30-24(29)17-9-6-16(7-10-17)8-11-23(28)31-15-22(27)26-19(21-5-3-13-33-21)14-18(25-26)20-4-2-12-32-20/h2-13,19H,14-15H2,1H3/b11-8+. The Morgan fingerprint density at radius 1 is 1.09 bits per heavy atom. The minimum Gasteiger partial charge on any atom is -0.465 e. The second kappa shape index (κ2) is 10.4. The van der Waals surface area contributed by atoms with Crippen LogP contribution in [0.4, 0.5) is 0 Å². The van der Waals surface area contributed by atoms with Gasteiger partial charge < -0.3 is 9.47 Å². The average molecular weight is 481 g/mol. The number of benzene rings is 1. The van der Waals surface area contributed by atoms with Crippen LogP contribution in [0, 0.1) is 0 Å². The van der Waals surface area contributed by atoms with Crippen LogP contribution in [0.3, 0.4) is 0 Å². The Kier molecular flexibility index (Phi) is 7.11. The second-order valence-electron chi connectivity index (χ2n) is 7.05. The maximum absolute atomic E-state index is 12.9. The summed E-state index contributed by atoms with van der Waals surface area (Å²) in [5, 5.41) is 9.89. The van der Waals surface area contributed by atoms with Crippen molar-refractivity contribution >= 4 is 52.3 Å². The van der Waals surface area contributed by atoms with E-state index in [1.54, 1.807) is 53.0 Å². The van der Waals surface area contributed by atoms with E-state index in [0.717, 1.165) is 15.5 Å². The number of ether oxygens (including phenoxy) is 2. The SMILES string of the molecule is COC(=O)c1ccc(/C=C/C(=O)OCC(=O)N2N=C(c3cccs3)CC2c2cccs2)cc1. The Balaban J connectivity index is 1.37. The number of hydrogen-bond donors (Lipinski definition) is 0. The fourth-order valence-corrected chi connectivity index (χ4v) is 4.83. The molecule has 0 spiro atoms. The second-order valence-corrected chi connectivity index (χ2v) is 8.98. The van der Waals surface area contributed by atoms with Crippen LogP contribution in [0.2, 0.25) is 0 Å². The topological polar surface area (TPSA) is 85.3 Å². The fourth-order valence-electron chi connectivity index (χ4n) is 3.29. The predicted octanol–water partition coefficient (Wildman–Crippen LogP) is 4.53. The monoisotopic (exact) mass is 480 g/mol. The normalized spacial score (nSPS) is 15.5. The quantitative estimate of drug-likeness (QED) is 0.366. The van der Waals surface area contributed by atoms with Crippen molar-refractivity contribution in [3.63, 3.8) is 0 Å². The number of methoxy groups -OCH3 is 1. The Morgan fingerprint density at radius 3 is 2.52 bits per heavy atom. The van der Waals surface area contributed by atoms with Crippen molar-refractivity contribution in [2.45, 2.75) is 12.5 Å². The molecular weight excluding hydrogens is 460 g/mol. The Morgan fingerprint density at radius 2 is 1.85 bits per heavy atom. The molecule has 3 aromatic rings. The maximum Gasteiger partial charge on any atom is 0.337 e. The Hall–Kier alpha value is -3.56. The molecule has 168 valence electrons. The van der Waals surface area contributed by atoms with Crippen LogP contribution in [0.15, 0.2) is 70.5 Å². The van der Waals surface area contributed by atoms with Crippen LogP contribution in [0.25, 0.3) is 6.08 Å². The molecule has 0 aliphatic carbocycles. The van der Waals surface area contributed by atoms with E-state index in [1.807, 2.05) is 35.0 Å². The summed E-state index contributed by atoms with van der Waals surface area (Å²) in [6, 6.07) is 14.2. The molecular formula is C24H20N2O5S2. The van der Waals surface area contributed by atoms with Crippen molar-refractivity contribution in [2.75, 3.05) is 13.7 Å². The van der Waals surface area contributed by atoms with E-state index in [4.69, 9.17) is 4.74 Å². The molecule has 2 aromatic heterocycles. The van der Waals surface area contributed by atoms with Gasteiger partial charge in [0.1, 0.15) is 0 Å². The van der Waals surface area contributed by atoms with Crippen LogP contribution < -0.4 is 0 Å². The lowest BCUT2D eigenvalue weighted by Gasteiger charge is -2.20. The van der Waals surface area contributed by atoms with Crippen molar-refractivity contribution in [1.29, 1.82) is 0 Å². The zero-order valence-electron chi connectivity index (χ0n) is 17.7. The van der Waals surface area contributed by atoms with Gasteiger partial charge in [-0.3, -0.25) is 4.79 Å². The van der Waals surface area contributed by atoms with Gasteiger partial charge in [-0.05, 0) is 46.7 Å². The van der Waals surface area contributed by atoms with Crippen LogP contribution in [-0.4, -0.2) is 42.3 Å². The number of esters is 2. The van der Waals surface area contributed by atoms with Crippen molar-refractivity contribution in [1.82, 2.24) is 5.01 Å². The molecule has 1 amide bonds. The van der Waals surface area contributed by atoms with Gasteiger partial charge in [0.05, 0.1) is 29.3 Å². The first-order chi connectivity index (χ1) is 16.0. The van der Waals surface area contributed by atoms with Crippen LogP contribution in [-0.2, 0) is 19.1 Å². The van der Waals surface area contributed by atoms with Gasteiger partial charge in [-0.15, -0.1) is 22.7 Å². The van der Waals surface area contributed by atoms with Gasteiger partial charge in [0.25, 0.3) is 5.91 Å². The summed E-state index contributed by atoms with van der Waals surface area (Å²) in [4.78, 5) is 38.5. The fraction of sp³-hybridized carbons (Fsp3) is 0.167. The smallest absolute Gasteiger partial charge is 0.337 e. The van der Waals surface area contributed by atoms with E-state index >= 15 is 0 Å². The molecule has 1 atom stereocenters. The molecule has 0 radical (unpaired) electrons. The van der Waals surface area contributed by atoms with Crippen molar-refractivity contribution in [2.24, 2.45) is 5.10 Å². The Bertz CT molecular complexity index is 1180. The van der Waals surface area contributed by atoms with Gasteiger partial charge in [0, 0.05) is 17.4 Å². The number of carbonyl (C=O) groups is 3. The van der Waals surface area contributed by atoms with E-state index in [1.165, 1.54) is 18.2 Å². The first-order valence-corrected chi connectivity index (χ1v) is 11.8. The number of hydrazone groups is 1. The lowest BCUT2D eigenvalue weighted by molar-refractivity contribution is -0.149. The largest absolute Gasteiger partial charge is 0.465 e. The lowest BCUT2D eigenvalue weighted by Crippen LogP contribution is -2.30. The molecule has 0 bridgehead atoms. The summed E-state index contributed by atoms with van der Waals surface area (Å²) >= 11 is 3.14. The van der Waals surface area contributed by atoms with E-state index in [2.05, 4.69) is 9.84 Å². The predicted molar refractivity (Wildman–Crippen MR) is 127 cm³/mol. The first kappa shape index (κ1) is 22.6. The molecule has 0 saturated heterocycles. The molecule has 7 nitrogen and oxygen atoms in total. The molecule has 3 heterocycles. The van der Waals surface area contributed by atoms with Crippen molar-refractivity contribution < 1.29 is 23.9 Å². The molecule has 4 rings (SSSR count). The molecule has 0 N–H and O–H groups in total. The number of carbonyl (C=O) groups excluding carboxylic acids is 3. The number of rotatable bonds is 7. The van der Waals surface area contributed by atoms with Crippen molar-refractivity contribution in [3.05, 3.63) is 86.2 Å². The van der Waals surface area contributed by atoms with Gasteiger partial charge in [0.15, 0.2) is 6.61 Å². The Labute approximate surface area is 198 Å².